The first-order valence-corrected chi connectivity index (χ1v) is 14.0. The molecule has 11 heteroatoms. The summed E-state index contributed by atoms with van der Waals surface area (Å²) in [4.78, 5) is 29.3. The predicted molar refractivity (Wildman–Crippen MR) is 136 cm³/mol. The number of carbonyl (C=O) groups is 2. The molecule has 5 rings (SSSR count). The number of rotatable bonds is 7. The lowest BCUT2D eigenvalue weighted by Crippen LogP contribution is -2.41. The number of amides is 2. The molecule has 1 aliphatic rings. The van der Waals surface area contributed by atoms with Gasteiger partial charge in [0.2, 0.25) is 11.8 Å². The van der Waals surface area contributed by atoms with Crippen LogP contribution in [0.25, 0.3) is 32.2 Å². The molecule has 9 nitrogen and oxygen atoms in total. The molecule has 0 aliphatic heterocycles. The Bertz CT molecular complexity index is 1580. The van der Waals surface area contributed by atoms with E-state index in [0.29, 0.717) is 5.52 Å². The number of hydrogen-bond acceptors (Lipinski definition) is 7. The summed E-state index contributed by atoms with van der Waals surface area (Å²) < 4.78 is 27.7. The molecule has 1 atom stereocenters. The van der Waals surface area contributed by atoms with E-state index in [1.807, 2.05) is 49.1 Å². The van der Waals surface area contributed by atoms with Gasteiger partial charge in [0.05, 0.1) is 28.5 Å². The minimum Gasteiger partial charge on any atom is -0.352 e. The number of aromatic nitrogens is 3. The second-order valence-electron chi connectivity index (χ2n) is 9.00. The first kappa shape index (κ1) is 23.4. The highest BCUT2D eigenvalue weighted by Gasteiger charge is 2.34. The van der Waals surface area contributed by atoms with Crippen molar-refractivity contribution in [2.45, 2.75) is 31.1 Å². The molecule has 0 spiro atoms. The van der Waals surface area contributed by atoms with Gasteiger partial charge in [-0.2, -0.15) is 5.10 Å². The summed E-state index contributed by atoms with van der Waals surface area (Å²) >= 11 is 1.17. The van der Waals surface area contributed by atoms with E-state index in [1.54, 1.807) is 0 Å². The Morgan fingerprint density at radius 2 is 2.00 bits per heavy atom. The number of benzene rings is 2. The van der Waals surface area contributed by atoms with Crippen molar-refractivity contribution in [1.29, 1.82) is 0 Å². The summed E-state index contributed by atoms with van der Waals surface area (Å²) in [5.41, 5.74) is 4.61. The van der Waals surface area contributed by atoms with Gasteiger partial charge in [-0.05, 0) is 54.7 Å². The quantitative estimate of drug-likeness (QED) is 0.393. The summed E-state index contributed by atoms with van der Waals surface area (Å²) in [6.07, 6.45) is 4.67. The molecule has 2 aromatic heterocycles. The number of hydrogen-bond donors (Lipinski definition) is 2. The van der Waals surface area contributed by atoms with Crippen molar-refractivity contribution >= 4 is 54.1 Å². The van der Waals surface area contributed by atoms with E-state index < -0.39 is 21.0 Å². The molecule has 4 aromatic rings. The highest BCUT2D eigenvalue weighted by atomic mass is 32.2. The fourth-order valence-electron chi connectivity index (χ4n) is 4.09. The Hall–Kier alpha value is -3.31. The Labute approximate surface area is 206 Å². The zero-order valence-corrected chi connectivity index (χ0v) is 21.2. The van der Waals surface area contributed by atoms with Gasteiger partial charge in [0.25, 0.3) is 0 Å². The highest BCUT2D eigenvalue weighted by Crippen LogP contribution is 2.36. The number of nitrogens with one attached hydrogen (secondary N) is 2. The number of aryl methyl sites for hydroxylation is 2. The Morgan fingerprint density at radius 3 is 2.71 bits per heavy atom. The molecule has 2 aromatic carbocycles. The summed E-state index contributed by atoms with van der Waals surface area (Å²) in [6, 6.07) is 10.1. The topological polar surface area (TPSA) is 123 Å². The molecule has 1 aliphatic carbocycles. The van der Waals surface area contributed by atoms with Gasteiger partial charge in [-0.3, -0.25) is 14.3 Å². The zero-order valence-electron chi connectivity index (χ0n) is 19.5. The number of thiazole rings is 1. The molecule has 0 radical (unpaired) electrons. The van der Waals surface area contributed by atoms with Crippen molar-refractivity contribution in [2.75, 3.05) is 12.8 Å². The molecule has 2 N–H and O–H groups in total. The largest absolute Gasteiger partial charge is 0.352 e. The molecular formula is C24H25N5O4S2. The van der Waals surface area contributed by atoms with Crippen LogP contribution in [0.1, 0.15) is 28.7 Å². The lowest BCUT2D eigenvalue weighted by molar-refractivity contribution is -0.126. The monoisotopic (exact) mass is 511 g/mol. The average molecular weight is 512 g/mol. The maximum Gasteiger partial charge on any atom is 0.245 e. The fourth-order valence-corrected chi connectivity index (χ4v) is 6.62. The first-order valence-electron chi connectivity index (χ1n) is 11.2. The van der Waals surface area contributed by atoms with E-state index in [2.05, 4.69) is 26.8 Å². The van der Waals surface area contributed by atoms with Gasteiger partial charge >= 0.3 is 0 Å². The van der Waals surface area contributed by atoms with Crippen LogP contribution in [0.2, 0.25) is 0 Å². The molecule has 1 fully saturated rings. The van der Waals surface area contributed by atoms with Crippen molar-refractivity contribution in [1.82, 2.24) is 25.4 Å². The third kappa shape index (κ3) is 4.78. The molecule has 182 valence electrons. The third-order valence-corrected chi connectivity index (χ3v) is 8.59. The smallest absolute Gasteiger partial charge is 0.245 e. The van der Waals surface area contributed by atoms with Gasteiger partial charge in [-0.25, -0.2) is 13.4 Å². The molecule has 0 bridgehead atoms. The number of nitrogens with zero attached hydrogens (tertiary/aromatic N) is 3. The van der Waals surface area contributed by atoms with Gasteiger partial charge in [-0.15, -0.1) is 11.3 Å². The molecule has 1 unspecified atom stereocenters. The normalized spacial score (nSPS) is 14.8. The van der Waals surface area contributed by atoms with Crippen LogP contribution in [0, 0.1) is 6.92 Å². The van der Waals surface area contributed by atoms with Gasteiger partial charge in [0.15, 0.2) is 15.1 Å². The van der Waals surface area contributed by atoms with E-state index >= 15 is 0 Å². The second kappa shape index (κ2) is 8.72. The summed E-state index contributed by atoms with van der Waals surface area (Å²) in [5.74, 6) is -1.08. The molecule has 0 saturated heterocycles. The lowest BCUT2D eigenvalue weighted by Gasteiger charge is -2.12. The van der Waals surface area contributed by atoms with Gasteiger partial charge < -0.3 is 10.6 Å². The minimum atomic E-state index is -3.82. The number of carbonyl (C=O) groups excluding carboxylic acids is 2. The van der Waals surface area contributed by atoms with E-state index in [4.69, 9.17) is 0 Å². The van der Waals surface area contributed by atoms with Gasteiger partial charge in [0.1, 0.15) is 5.01 Å². The van der Waals surface area contributed by atoms with Crippen molar-refractivity contribution in [2.24, 2.45) is 7.05 Å². The van der Waals surface area contributed by atoms with Crippen LogP contribution in [0.3, 0.4) is 0 Å². The van der Waals surface area contributed by atoms with E-state index in [-0.39, 0.29) is 23.5 Å². The Balaban J connectivity index is 1.47. The maximum atomic E-state index is 12.8. The van der Waals surface area contributed by atoms with Crippen LogP contribution in [0.4, 0.5) is 0 Å². The maximum absolute atomic E-state index is 12.8. The molecular weight excluding hydrogens is 486 g/mol. The van der Waals surface area contributed by atoms with E-state index in [9.17, 15) is 18.0 Å². The van der Waals surface area contributed by atoms with E-state index in [1.165, 1.54) is 11.3 Å². The fraction of sp³-hybridized carbons (Fsp3) is 0.333. The zero-order chi connectivity index (χ0) is 24.9. The van der Waals surface area contributed by atoms with Gasteiger partial charge in [-0.1, -0.05) is 12.1 Å². The molecule has 2 heterocycles. The summed E-state index contributed by atoms with van der Waals surface area (Å²) in [6.45, 7) is 1.70. The third-order valence-electron chi connectivity index (χ3n) is 6.07. The first-order chi connectivity index (χ1) is 16.6. The Kier molecular flexibility index (Phi) is 5.84. The van der Waals surface area contributed by atoms with Crippen LogP contribution in [0.5, 0.6) is 0 Å². The van der Waals surface area contributed by atoms with Crippen molar-refractivity contribution in [3.05, 3.63) is 47.1 Å². The van der Waals surface area contributed by atoms with Crippen LogP contribution in [-0.2, 0) is 26.5 Å². The lowest BCUT2D eigenvalue weighted by atomic mass is 9.99. The Morgan fingerprint density at radius 1 is 1.23 bits per heavy atom. The average Bonchev–Trinajstić information content (AvgIpc) is 3.40. The van der Waals surface area contributed by atoms with Crippen LogP contribution < -0.4 is 10.6 Å². The number of sulfone groups is 1. The predicted octanol–water partition coefficient (Wildman–Crippen LogP) is 2.64. The van der Waals surface area contributed by atoms with Crippen molar-refractivity contribution in [3.63, 3.8) is 0 Å². The molecule has 35 heavy (non-hydrogen) atoms. The SMILES string of the molecule is Cc1cc2nc(C(C(=O)NCC(=O)NC3CC3)S(C)(=O)=O)sc2cc1-c1ccc2cnn(C)c2c1. The standard InChI is InChI=1S/C24H25N5O4S2/c1-13-8-18-20(10-17(13)14-4-5-15-11-26-29(2)19(15)9-14)34-24(28-18)22(35(3,32)33)23(31)25-12-21(30)27-16-6-7-16/h4-5,8-11,16,22H,6-7,12H2,1-3H3,(H,25,31)(H,27,30). The van der Waals surface area contributed by atoms with E-state index in [0.717, 1.165) is 51.4 Å². The summed E-state index contributed by atoms with van der Waals surface area (Å²) in [7, 11) is -1.93. The van der Waals surface area contributed by atoms with Crippen molar-refractivity contribution < 1.29 is 18.0 Å². The van der Waals surface area contributed by atoms with Crippen LogP contribution in [0.15, 0.2) is 36.5 Å². The van der Waals surface area contributed by atoms with Gasteiger partial charge in [0, 0.05) is 24.7 Å². The van der Waals surface area contributed by atoms with Crippen LogP contribution in [-0.4, -0.2) is 53.8 Å². The molecule has 2 amide bonds. The van der Waals surface area contributed by atoms with Crippen LogP contribution >= 0.6 is 11.3 Å². The summed E-state index contributed by atoms with van der Waals surface area (Å²) in [5, 5.41) is 9.27. The highest BCUT2D eigenvalue weighted by molar-refractivity contribution is 7.91. The molecule has 1 saturated carbocycles. The number of fused-ring (bicyclic) bond motifs is 2. The van der Waals surface area contributed by atoms with Crippen molar-refractivity contribution in [3.8, 4) is 11.1 Å². The minimum absolute atomic E-state index is 0.158. The second-order valence-corrected chi connectivity index (χ2v) is 12.2.